The highest BCUT2D eigenvalue weighted by atomic mass is 16.6. The Morgan fingerprint density at radius 3 is 2.40 bits per heavy atom. The van der Waals surface area contributed by atoms with Gasteiger partial charge in [-0.3, -0.25) is 0 Å². The van der Waals surface area contributed by atoms with E-state index in [2.05, 4.69) is 34.3 Å². The van der Waals surface area contributed by atoms with Gasteiger partial charge in [0.1, 0.15) is 11.9 Å². The van der Waals surface area contributed by atoms with Crippen LogP contribution in [0, 0.1) is 0 Å². The number of benzene rings is 1. The second-order valence-corrected chi connectivity index (χ2v) is 8.00. The first-order chi connectivity index (χ1) is 11.9. The van der Waals surface area contributed by atoms with Crippen LogP contribution < -0.4 is 0 Å². The third-order valence-electron chi connectivity index (χ3n) is 4.61. The smallest absolute Gasteiger partial charge is 0.410 e. The van der Waals surface area contributed by atoms with Crippen LogP contribution in [0.2, 0.25) is 0 Å². The van der Waals surface area contributed by atoms with Crippen LogP contribution in [0.3, 0.4) is 0 Å². The summed E-state index contributed by atoms with van der Waals surface area (Å²) in [5.41, 5.74) is 1.82. The zero-order chi connectivity index (χ0) is 17.6. The van der Waals surface area contributed by atoms with Crippen molar-refractivity contribution >= 4 is 6.09 Å². The minimum Gasteiger partial charge on any atom is -0.444 e. The molecule has 132 valence electrons. The molecular formula is C19H24N4O2. The lowest BCUT2D eigenvalue weighted by atomic mass is 9.92. The number of aromatic nitrogens is 3. The van der Waals surface area contributed by atoms with E-state index >= 15 is 0 Å². The standard InChI is InChI=1S/C19H24N4O2/c1-19(2,3)25-18(24)22-10-15(11-22)13-6-8-16(9-7-13)23-12-20-17(21-23)14-4-5-14/h6-9,12,14-15H,4-5,10-11H2,1-3H3. The lowest BCUT2D eigenvalue weighted by Gasteiger charge is -2.40. The third-order valence-corrected chi connectivity index (χ3v) is 4.61. The fourth-order valence-corrected chi connectivity index (χ4v) is 2.99. The molecule has 0 bridgehead atoms. The van der Waals surface area contributed by atoms with Gasteiger partial charge in [0, 0.05) is 24.9 Å². The van der Waals surface area contributed by atoms with Crippen LogP contribution in [0.4, 0.5) is 4.79 Å². The fourth-order valence-electron chi connectivity index (χ4n) is 2.99. The number of hydrogen-bond donors (Lipinski definition) is 0. The molecule has 1 saturated heterocycles. The molecule has 2 fully saturated rings. The molecule has 1 aliphatic heterocycles. The van der Waals surface area contributed by atoms with E-state index in [9.17, 15) is 4.79 Å². The predicted molar refractivity (Wildman–Crippen MR) is 93.9 cm³/mol. The average molecular weight is 340 g/mol. The van der Waals surface area contributed by atoms with Gasteiger partial charge >= 0.3 is 6.09 Å². The SMILES string of the molecule is CC(C)(C)OC(=O)N1CC(c2ccc(-n3cnc(C4CC4)n3)cc2)C1. The van der Waals surface area contributed by atoms with E-state index < -0.39 is 5.60 Å². The summed E-state index contributed by atoms with van der Waals surface area (Å²) in [4.78, 5) is 18.1. The number of hydrogen-bond acceptors (Lipinski definition) is 4. The Kier molecular flexibility index (Phi) is 3.78. The molecule has 1 saturated carbocycles. The number of carbonyl (C=O) groups excluding carboxylic acids is 1. The summed E-state index contributed by atoms with van der Waals surface area (Å²) < 4.78 is 7.24. The van der Waals surface area contributed by atoms with Gasteiger partial charge in [0.25, 0.3) is 0 Å². The van der Waals surface area contributed by atoms with Gasteiger partial charge in [0.2, 0.25) is 0 Å². The molecule has 0 atom stereocenters. The maximum Gasteiger partial charge on any atom is 0.410 e. The molecule has 1 amide bonds. The molecular weight excluding hydrogens is 316 g/mol. The van der Waals surface area contributed by atoms with Crippen LogP contribution in [-0.2, 0) is 4.74 Å². The highest BCUT2D eigenvalue weighted by Gasteiger charge is 2.34. The highest BCUT2D eigenvalue weighted by molar-refractivity contribution is 5.69. The minimum atomic E-state index is -0.444. The number of likely N-dealkylation sites (tertiary alicyclic amines) is 1. The maximum absolute atomic E-state index is 12.0. The summed E-state index contributed by atoms with van der Waals surface area (Å²) >= 11 is 0. The van der Waals surface area contributed by atoms with Gasteiger partial charge in [0.05, 0.1) is 5.69 Å². The van der Waals surface area contributed by atoms with Crippen LogP contribution in [0.25, 0.3) is 5.69 Å². The molecule has 25 heavy (non-hydrogen) atoms. The molecule has 1 aliphatic carbocycles. The lowest BCUT2D eigenvalue weighted by Crippen LogP contribution is -2.50. The monoisotopic (exact) mass is 340 g/mol. The van der Waals surface area contributed by atoms with Gasteiger partial charge in [-0.2, -0.15) is 5.10 Å². The van der Waals surface area contributed by atoms with Gasteiger partial charge < -0.3 is 9.64 Å². The fraction of sp³-hybridized carbons (Fsp3) is 0.526. The summed E-state index contributed by atoms with van der Waals surface area (Å²) in [5.74, 6) is 1.89. The molecule has 6 heteroatoms. The molecule has 0 radical (unpaired) electrons. The molecule has 0 N–H and O–H groups in total. The van der Waals surface area contributed by atoms with Crippen molar-refractivity contribution in [3.05, 3.63) is 42.0 Å². The van der Waals surface area contributed by atoms with Crippen molar-refractivity contribution in [2.24, 2.45) is 0 Å². The van der Waals surface area contributed by atoms with Gasteiger partial charge in [-0.15, -0.1) is 0 Å². The number of nitrogens with zero attached hydrogens (tertiary/aromatic N) is 4. The summed E-state index contributed by atoms with van der Waals surface area (Å²) in [5, 5.41) is 4.56. The Labute approximate surface area is 147 Å². The summed E-state index contributed by atoms with van der Waals surface area (Å²) in [6.45, 7) is 7.09. The molecule has 2 aliphatic rings. The van der Waals surface area contributed by atoms with Crippen molar-refractivity contribution in [3.8, 4) is 5.69 Å². The second kappa shape index (κ2) is 5.86. The van der Waals surface area contributed by atoms with Crippen molar-refractivity contribution in [1.82, 2.24) is 19.7 Å². The Morgan fingerprint density at radius 1 is 1.12 bits per heavy atom. The van der Waals surface area contributed by atoms with E-state index in [1.807, 2.05) is 25.5 Å². The van der Waals surface area contributed by atoms with Crippen molar-refractivity contribution in [3.63, 3.8) is 0 Å². The van der Waals surface area contributed by atoms with Gasteiger partial charge in [0.15, 0.2) is 5.82 Å². The molecule has 1 aromatic carbocycles. The van der Waals surface area contributed by atoms with Crippen LogP contribution in [0.5, 0.6) is 0 Å². The minimum absolute atomic E-state index is 0.226. The predicted octanol–water partition coefficient (Wildman–Crippen LogP) is 3.48. The highest BCUT2D eigenvalue weighted by Crippen LogP contribution is 2.38. The van der Waals surface area contributed by atoms with Gasteiger partial charge in [-0.1, -0.05) is 12.1 Å². The average Bonchev–Trinajstić information content (AvgIpc) is 3.22. The number of amides is 1. The Bertz CT molecular complexity index is 765. The quantitative estimate of drug-likeness (QED) is 0.858. The molecule has 0 spiro atoms. The lowest BCUT2D eigenvalue weighted by molar-refractivity contribution is 0.00819. The van der Waals surface area contributed by atoms with Crippen molar-refractivity contribution in [2.45, 2.75) is 51.0 Å². The molecule has 4 rings (SSSR count). The van der Waals surface area contributed by atoms with Crippen LogP contribution >= 0.6 is 0 Å². The Balaban J connectivity index is 1.36. The largest absolute Gasteiger partial charge is 0.444 e. The Morgan fingerprint density at radius 2 is 1.80 bits per heavy atom. The summed E-state index contributed by atoms with van der Waals surface area (Å²) in [7, 11) is 0. The first-order valence-electron chi connectivity index (χ1n) is 8.89. The molecule has 1 aromatic heterocycles. The second-order valence-electron chi connectivity index (χ2n) is 8.00. The van der Waals surface area contributed by atoms with E-state index in [4.69, 9.17) is 4.74 Å². The number of carbonyl (C=O) groups is 1. The van der Waals surface area contributed by atoms with E-state index in [0.717, 1.165) is 11.5 Å². The first kappa shape index (κ1) is 16.1. The van der Waals surface area contributed by atoms with Crippen molar-refractivity contribution in [1.29, 1.82) is 0 Å². The molecule has 0 unspecified atom stereocenters. The van der Waals surface area contributed by atoms with Gasteiger partial charge in [-0.05, 0) is 51.3 Å². The van der Waals surface area contributed by atoms with Crippen molar-refractivity contribution < 1.29 is 9.53 Å². The third kappa shape index (κ3) is 3.52. The zero-order valence-corrected chi connectivity index (χ0v) is 15.0. The van der Waals surface area contributed by atoms with Crippen molar-refractivity contribution in [2.75, 3.05) is 13.1 Å². The maximum atomic E-state index is 12.0. The topological polar surface area (TPSA) is 60.2 Å². The van der Waals surface area contributed by atoms with Gasteiger partial charge in [-0.25, -0.2) is 14.5 Å². The Hall–Kier alpha value is -2.37. The van der Waals surface area contributed by atoms with Crippen LogP contribution in [0.15, 0.2) is 30.6 Å². The molecule has 2 heterocycles. The summed E-state index contributed by atoms with van der Waals surface area (Å²) in [6, 6.07) is 8.36. The van der Waals surface area contributed by atoms with E-state index in [1.54, 1.807) is 11.2 Å². The van der Waals surface area contributed by atoms with E-state index in [1.165, 1.54) is 18.4 Å². The first-order valence-corrected chi connectivity index (χ1v) is 8.89. The van der Waals surface area contributed by atoms with E-state index in [0.29, 0.717) is 24.9 Å². The van der Waals surface area contributed by atoms with E-state index in [-0.39, 0.29) is 6.09 Å². The molecule has 2 aromatic rings. The summed E-state index contributed by atoms with van der Waals surface area (Å²) in [6.07, 6.45) is 3.98. The number of rotatable bonds is 3. The zero-order valence-electron chi connectivity index (χ0n) is 15.0. The normalized spacial score (nSPS) is 18.1. The van der Waals surface area contributed by atoms with Crippen LogP contribution in [-0.4, -0.2) is 44.4 Å². The van der Waals surface area contributed by atoms with Crippen LogP contribution in [0.1, 0.15) is 56.8 Å². The molecule has 6 nitrogen and oxygen atoms in total. The number of ether oxygens (including phenoxy) is 1.